The first-order chi connectivity index (χ1) is 8.13. The van der Waals surface area contributed by atoms with E-state index in [9.17, 15) is 0 Å². The van der Waals surface area contributed by atoms with E-state index in [1.54, 1.807) is 18.2 Å². The summed E-state index contributed by atoms with van der Waals surface area (Å²) in [4.78, 5) is 4.08. The standard InChI is InChI=1S/C12H8Cl3NO/c1-17-10-6-5-8(12(15)16-10)7-3-2-4-9(13)11(7)14/h2-6H,1H3. The van der Waals surface area contributed by atoms with Gasteiger partial charge in [-0.15, -0.1) is 0 Å². The summed E-state index contributed by atoms with van der Waals surface area (Å²) in [6.07, 6.45) is 0. The van der Waals surface area contributed by atoms with E-state index in [4.69, 9.17) is 39.5 Å². The Bertz CT molecular complexity index is 557. The minimum atomic E-state index is 0.327. The van der Waals surface area contributed by atoms with Crippen molar-refractivity contribution in [2.24, 2.45) is 0 Å². The van der Waals surface area contributed by atoms with Crippen LogP contribution >= 0.6 is 34.8 Å². The van der Waals surface area contributed by atoms with Crippen LogP contribution in [0.2, 0.25) is 15.2 Å². The maximum atomic E-state index is 6.12. The fourth-order valence-corrected chi connectivity index (χ4v) is 2.09. The van der Waals surface area contributed by atoms with E-state index in [1.165, 1.54) is 7.11 Å². The van der Waals surface area contributed by atoms with Gasteiger partial charge in [0, 0.05) is 17.2 Å². The van der Waals surface area contributed by atoms with E-state index in [-0.39, 0.29) is 0 Å². The number of aromatic nitrogens is 1. The highest BCUT2D eigenvalue weighted by atomic mass is 35.5. The summed E-state index contributed by atoms with van der Waals surface area (Å²) in [6.45, 7) is 0. The number of halogens is 3. The van der Waals surface area contributed by atoms with Gasteiger partial charge in [0.1, 0.15) is 5.15 Å². The number of methoxy groups -OCH3 is 1. The second kappa shape index (κ2) is 5.13. The van der Waals surface area contributed by atoms with E-state index < -0.39 is 0 Å². The monoisotopic (exact) mass is 287 g/mol. The van der Waals surface area contributed by atoms with Crippen molar-refractivity contribution in [3.63, 3.8) is 0 Å². The van der Waals surface area contributed by atoms with Crippen LogP contribution in [0.1, 0.15) is 0 Å². The molecule has 1 aromatic heterocycles. The summed E-state index contributed by atoms with van der Waals surface area (Å²) >= 11 is 18.2. The number of benzene rings is 1. The van der Waals surface area contributed by atoms with Crippen LogP contribution in [0, 0.1) is 0 Å². The Morgan fingerprint density at radius 3 is 2.41 bits per heavy atom. The van der Waals surface area contributed by atoms with Crippen molar-refractivity contribution in [3.05, 3.63) is 45.5 Å². The van der Waals surface area contributed by atoms with Crippen LogP contribution in [0.5, 0.6) is 5.88 Å². The molecule has 0 radical (unpaired) electrons. The Morgan fingerprint density at radius 1 is 1.00 bits per heavy atom. The van der Waals surface area contributed by atoms with Gasteiger partial charge in [-0.25, -0.2) is 4.98 Å². The van der Waals surface area contributed by atoms with E-state index in [1.807, 2.05) is 12.1 Å². The van der Waals surface area contributed by atoms with Crippen molar-refractivity contribution >= 4 is 34.8 Å². The molecule has 1 aromatic carbocycles. The second-order valence-electron chi connectivity index (χ2n) is 3.29. The average molecular weight is 289 g/mol. The van der Waals surface area contributed by atoms with Crippen molar-refractivity contribution in [2.45, 2.75) is 0 Å². The van der Waals surface area contributed by atoms with Gasteiger partial charge in [-0.05, 0) is 12.1 Å². The average Bonchev–Trinajstić information content (AvgIpc) is 2.33. The largest absolute Gasteiger partial charge is 0.481 e. The first-order valence-electron chi connectivity index (χ1n) is 4.78. The Morgan fingerprint density at radius 2 is 1.76 bits per heavy atom. The third kappa shape index (κ3) is 2.49. The number of ether oxygens (including phenoxy) is 1. The fraction of sp³-hybridized carbons (Fsp3) is 0.0833. The van der Waals surface area contributed by atoms with Gasteiger partial charge in [0.25, 0.3) is 0 Å². The van der Waals surface area contributed by atoms with Crippen LogP contribution < -0.4 is 4.74 Å². The van der Waals surface area contributed by atoms with Gasteiger partial charge in [0.05, 0.1) is 17.2 Å². The fourth-order valence-electron chi connectivity index (χ4n) is 1.44. The number of pyridine rings is 1. The molecule has 0 aliphatic heterocycles. The summed E-state index contributed by atoms with van der Waals surface area (Å²) in [6, 6.07) is 8.89. The van der Waals surface area contributed by atoms with Gasteiger partial charge in [0.2, 0.25) is 5.88 Å². The molecule has 0 saturated carbocycles. The van der Waals surface area contributed by atoms with Crippen LogP contribution in [-0.4, -0.2) is 12.1 Å². The summed E-state index contributed by atoms with van der Waals surface area (Å²) in [7, 11) is 1.53. The SMILES string of the molecule is COc1ccc(-c2cccc(Cl)c2Cl)c(Cl)n1. The lowest BCUT2D eigenvalue weighted by Gasteiger charge is -2.08. The third-order valence-electron chi connectivity index (χ3n) is 2.27. The highest BCUT2D eigenvalue weighted by molar-refractivity contribution is 6.44. The van der Waals surface area contributed by atoms with Gasteiger partial charge in [-0.3, -0.25) is 0 Å². The zero-order chi connectivity index (χ0) is 12.4. The highest BCUT2D eigenvalue weighted by Crippen LogP contribution is 2.36. The Labute approximate surface area is 114 Å². The molecule has 0 aliphatic rings. The Kier molecular flexibility index (Phi) is 3.77. The third-order valence-corrected chi connectivity index (χ3v) is 3.38. The minimum absolute atomic E-state index is 0.327. The minimum Gasteiger partial charge on any atom is -0.481 e. The van der Waals surface area contributed by atoms with Crippen molar-refractivity contribution in [2.75, 3.05) is 7.11 Å². The second-order valence-corrected chi connectivity index (χ2v) is 4.44. The topological polar surface area (TPSA) is 22.1 Å². The molecular weight excluding hydrogens is 280 g/mol. The molecule has 2 aromatic rings. The lowest BCUT2D eigenvalue weighted by molar-refractivity contribution is 0.398. The first-order valence-corrected chi connectivity index (χ1v) is 5.92. The van der Waals surface area contributed by atoms with Gasteiger partial charge < -0.3 is 4.74 Å². The summed E-state index contributed by atoms with van der Waals surface area (Å²) in [5.74, 6) is 0.455. The molecule has 0 unspecified atom stereocenters. The van der Waals surface area contributed by atoms with Gasteiger partial charge in [-0.2, -0.15) is 0 Å². The number of nitrogens with zero attached hydrogens (tertiary/aromatic N) is 1. The van der Waals surface area contributed by atoms with Crippen LogP contribution in [-0.2, 0) is 0 Å². The molecule has 5 heteroatoms. The zero-order valence-corrected chi connectivity index (χ0v) is 11.1. The van der Waals surface area contributed by atoms with Gasteiger partial charge in [-0.1, -0.05) is 46.9 Å². The first kappa shape index (κ1) is 12.5. The molecule has 2 nitrogen and oxygen atoms in total. The van der Waals surface area contributed by atoms with Crippen LogP contribution in [0.25, 0.3) is 11.1 Å². The maximum absolute atomic E-state index is 6.12. The van der Waals surface area contributed by atoms with E-state index in [0.29, 0.717) is 21.1 Å². The molecule has 0 aliphatic carbocycles. The molecule has 1 heterocycles. The molecule has 0 saturated heterocycles. The molecule has 0 N–H and O–H groups in total. The maximum Gasteiger partial charge on any atom is 0.214 e. The molecule has 0 atom stereocenters. The van der Waals surface area contributed by atoms with Crippen molar-refractivity contribution in [1.29, 1.82) is 0 Å². The van der Waals surface area contributed by atoms with Crippen LogP contribution in [0.3, 0.4) is 0 Å². The molecule has 0 amide bonds. The van der Waals surface area contributed by atoms with E-state index >= 15 is 0 Å². The molecule has 0 spiro atoms. The predicted octanol–water partition coefficient (Wildman–Crippen LogP) is 4.72. The normalized spacial score (nSPS) is 10.4. The van der Waals surface area contributed by atoms with Crippen LogP contribution in [0.15, 0.2) is 30.3 Å². The van der Waals surface area contributed by atoms with Crippen LogP contribution in [0.4, 0.5) is 0 Å². The van der Waals surface area contributed by atoms with E-state index in [0.717, 1.165) is 11.1 Å². The summed E-state index contributed by atoms with van der Waals surface area (Å²) < 4.78 is 4.99. The molecular formula is C12H8Cl3NO. The molecule has 88 valence electrons. The van der Waals surface area contributed by atoms with E-state index in [2.05, 4.69) is 4.98 Å². The number of rotatable bonds is 2. The highest BCUT2D eigenvalue weighted by Gasteiger charge is 2.11. The summed E-state index contributed by atoms with van der Waals surface area (Å²) in [5, 5.41) is 1.27. The Balaban J connectivity index is 2.57. The van der Waals surface area contributed by atoms with Crippen molar-refractivity contribution in [1.82, 2.24) is 4.98 Å². The number of hydrogen-bond donors (Lipinski definition) is 0. The predicted molar refractivity (Wildman–Crippen MR) is 71.3 cm³/mol. The van der Waals surface area contributed by atoms with Crippen molar-refractivity contribution < 1.29 is 4.74 Å². The lowest BCUT2D eigenvalue weighted by Crippen LogP contribution is -1.90. The Hall–Kier alpha value is -0.960. The number of hydrogen-bond acceptors (Lipinski definition) is 2. The summed E-state index contributed by atoms with van der Waals surface area (Å²) in [5.41, 5.74) is 1.47. The molecule has 2 rings (SSSR count). The zero-order valence-electron chi connectivity index (χ0n) is 8.88. The van der Waals surface area contributed by atoms with Crippen molar-refractivity contribution in [3.8, 4) is 17.0 Å². The van der Waals surface area contributed by atoms with Gasteiger partial charge >= 0.3 is 0 Å². The smallest absolute Gasteiger partial charge is 0.214 e. The molecule has 0 bridgehead atoms. The molecule has 17 heavy (non-hydrogen) atoms. The quantitative estimate of drug-likeness (QED) is 0.746. The van der Waals surface area contributed by atoms with Gasteiger partial charge in [0.15, 0.2) is 0 Å². The lowest BCUT2D eigenvalue weighted by atomic mass is 10.1. The molecule has 0 fully saturated rings.